The fourth-order valence-electron chi connectivity index (χ4n) is 2.44. The Balaban J connectivity index is 2.25. The molecule has 1 amide bonds. The monoisotopic (exact) mass is 255 g/mol. The van der Waals surface area contributed by atoms with E-state index in [2.05, 4.69) is 17.1 Å². The summed E-state index contributed by atoms with van der Waals surface area (Å²) in [4.78, 5) is 16.0. The molecular weight excluding hydrogens is 226 g/mol. The molecule has 1 heterocycles. The van der Waals surface area contributed by atoms with Gasteiger partial charge in [-0.3, -0.25) is 4.79 Å². The number of carbonyl (C=O) groups is 1. The van der Waals surface area contributed by atoms with Crippen LogP contribution in [0.3, 0.4) is 0 Å². The number of rotatable bonds is 6. The molecule has 1 aliphatic rings. The lowest BCUT2D eigenvalue weighted by atomic mass is 10.1. The molecule has 1 unspecified atom stereocenters. The summed E-state index contributed by atoms with van der Waals surface area (Å²) >= 11 is 0. The summed E-state index contributed by atoms with van der Waals surface area (Å²) in [7, 11) is 1.86. The fraction of sp³-hybridized carbons (Fsp3) is 0.929. The molecule has 0 radical (unpaired) electrons. The van der Waals surface area contributed by atoms with E-state index < -0.39 is 0 Å². The average molecular weight is 255 g/mol. The Morgan fingerprint density at radius 1 is 1.33 bits per heavy atom. The highest BCUT2D eigenvalue weighted by atomic mass is 16.2. The van der Waals surface area contributed by atoms with E-state index in [-0.39, 0.29) is 5.91 Å². The highest BCUT2D eigenvalue weighted by Gasteiger charge is 2.17. The molecule has 1 fully saturated rings. The third-order valence-electron chi connectivity index (χ3n) is 3.80. The Kier molecular flexibility index (Phi) is 7.28. The third-order valence-corrected chi connectivity index (χ3v) is 3.80. The van der Waals surface area contributed by atoms with Crippen LogP contribution in [0.5, 0.6) is 0 Å². The predicted molar refractivity (Wildman–Crippen MR) is 75.7 cm³/mol. The maximum absolute atomic E-state index is 11.7. The summed E-state index contributed by atoms with van der Waals surface area (Å²) in [6.45, 7) is 9.12. The van der Waals surface area contributed by atoms with Gasteiger partial charge in [0.2, 0.25) is 5.91 Å². The number of nitrogens with one attached hydrogen (secondary N) is 1. The molecule has 4 heteroatoms. The zero-order valence-electron chi connectivity index (χ0n) is 12.2. The van der Waals surface area contributed by atoms with Crippen molar-refractivity contribution in [3.05, 3.63) is 0 Å². The van der Waals surface area contributed by atoms with Gasteiger partial charge in [0.25, 0.3) is 0 Å². The molecule has 0 aromatic heterocycles. The van der Waals surface area contributed by atoms with E-state index in [1.165, 1.54) is 45.3 Å². The van der Waals surface area contributed by atoms with Crippen LogP contribution < -0.4 is 5.32 Å². The zero-order chi connectivity index (χ0) is 13.4. The molecule has 0 aromatic carbocycles. The van der Waals surface area contributed by atoms with Crippen LogP contribution in [-0.2, 0) is 4.79 Å². The first-order chi connectivity index (χ1) is 8.67. The Hall–Kier alpha value is -0.610. The Morgan fingerprint density at radius 3 is 2.78 bits per heavy atom. The van der Waals surface area contributed by atoms with Crippen molar-refractivity contribution in [2.24, 2.45) is 0 Å². The first kappa shape index (κ1) is 15.4. The Bertz CT molecular complexity index is 245. The molecule has 106 valence electrons. The van der Waals surface area contributed by atoms with Crippen molar-refractivity contribution in [2.75, 3.05) is 39.8 Å². The number of likely N-dealkylation sites (N-methyl/N-ethyl adjacent to an activating group) is 1. The number of amides is 1. The van der Waals surface area contributed by atoms with Gasteiger partial charge in [-0.25, -0.2) is 0 Å². The third kappa shape index (κ3) is 5.36. The SMILES string of the molecule is CCCN1CCCC(NCC(=O)N(C)CC)CC1. The molecule has 0 saturated carbocycles. The summed E-state index contributed by atoms with van der Waals surface area (Å²) in [5.41, 5.74) is 0. The van der Waals surface area contributed by atoms with Crippen molar-refractivity contribution in [1.82, 2.24) is 15.1 Å². The first-order valence-electron chi connectivity index (χ1n) is 7.37. The second-order valence-corrected chi connectivity index (χ2v) is 5.26. The van der Waals surface area contributed by atoms with Gasteiger partial charge in [0.1, 0.15) is 0 Å². The Morgan fingerprint density at radius 2 is 2.11 bits per heavy atom. The van der Waals surface area contributed by atoms with Crippen LogP contribution in [0.15, 0.2) is 0 Å². The molecule has 0 aliphatic carbocycles. The highest BCUT2D eigenvalue weighted by Crippen LogP contribution is 2.11. The minimum absolute atomic E-state index is 0.201. The molecular formula is C14H29N3O. The van der Waals surface area contributed by atoms with Gasteiger partial charge in [0.15, 0.2) is 0 Å². The van der Waals surface area contributed by atoms with Crippen LogP contribution in [0.4, 0.5) is 0 Å². The molecule has 1 aliphatic heterocycles. The maximum atomic E-state index is 11.7. The molecule has 1 N–H and O–H groups in total. The second kappa shape index (κ2) is 8.48. The molecule has 0 spiro atoms. The van der Waals surface area contributed by atoms with Crippen molar-refractivity contribution in [2.45, 2.75) is 45.6 Å². The first-order valence-corrected chi connectivity index (χ1v) is 7.37. The molecule has 0 aromatic rings. The van der Waals surface area contributed by atoms with Crippen molar-refractivity contribution < 1.29 is 4.79 Å². The molecule has 1 rings (SSSR count). The standard InChI is InChI=1S/C14H29N3O/c1-4-9-17-10-6-7-13(8-11-17)15-12-14(18)16(3)5-2/h13,15H,4-12H2,1-3H3. The van der Waals surface area contributed by atoms with Gasteiger partial charge < -0.3 is 15.1 Å². The fourth-order valence-corrected chi connectivity index (χ4v) is 2.44. The average Bonchev–Trinajstić information content (AvgIpc) is 2.61. The number of likely N-dealkylation sites (tertiary alicyclic amines) is 1. The summed E-state index contributed by atoms with van der Waals surface area (Å²) < 4.78 is 0. The Labute approximate surface area is 112 Å². The molecule has 0 bridgehead atoms. The maximum Gasteiger partial charge on any atom is 0.236 e. The molecule has 1 saturated heterocycles. The lowest BCUT2D eigenvalue weighted by Gasteiger charge is -2.20. The van der Waals surface area contributed by atoms with Gasteiger partial charge in [0, 0.05) is 19.6 Å². The number of hydrogen-bond acceptors (Lipinski definition) is 3. The predicted octanol–water partition coefficient (Wildman–Crippen LogP) is 1.32. The summed E-state index contributed by atoms with van der Waals surface area (Å²) in [5.74, 6) is 0.201. The van der Waals surface area contributed by atoms with Crippen LogP contribution in [-0.4, -0.2) is 61.5 Å². The summed E-state index contributed by atoms with van der Waals surface area (Å²) in [6.07, 6.45) is 4.85. The van der Waals surface area contributed by atoms with Crippen molar-refractivity contribution >= 4 is 5.91 Å². The lowest BCUT2D eigenvalue weighted by Crippen LogP contribution is -2.40. The lowest BCUT2D eigenvalue weighted by molar-refractivity contribution is -0.128. The van der Waals surface area contributed by atoms with E-state index in [9.17, 15) is 4.79 Å². The van der Waals surface area contributed by atoms with Gasteiger partial charge >= 0.3 is 0 Å². The minimum Gasteiger partial charge on any atom is -0.345 e. The van der Waals surface area contributed by atoms with Gasteiger partial charge in [0.05, 0.1) is 6.54 Å². The molecule has 1 atom stereocenters. The summed E-state index contributed by atoms with van der Waals surface area (Å²) in [5, 5.41) is 3.42. The normalized spacial score (nSPS) is 21.6. The van der Waals surface area contributed by atoms with E-state index in [0.717, 1.165) is 6.54 Å². The van der Waals surface area contributed by atoms with Crippen LogP contribution in [0.2, 0.25) is 0 Å². The topological polar surface area (TPSA) is 35.6 Å². The minimum atomic E-state index is 0.201. The van der Waals surface area contributed by atoms with E-state index in [0.29, 0.717) is 12.6 Å². The molecule has 18 heavy (non-hydrogen) atoms. The van der Waals surface area contributed by atoms with Crippen LogP contribution in [0.25, 0.3) is 0 Å². The van der Waals surface area contributed by atoms with Crippen LogP contribution in [0, 0.1) is 0 Å². The largest absolute Gasteiger partial charge is 0.345 e. The van der Waals surface area contributed by atoms with Gasteiger partial charge in [-0.2, -0.15) is 0 Å². The van der Waals surface area contributed by atoms with Gasteiger partial charge in [-0.15, -0.1) is 0 Å². The summed E-state index contributed by atoms with van der Waals surface area (Å²) in [6, 6.07) is 0.515. The number of carbonyl (C=O) groups excluding carboxylic acids is 1. The smallest absolute Gasteiger partial charge is 0.236 e. The van der Waals surface area contributed by atoms with Crippen molar-refractivity contribution in [3.63, 3.8) is 0 Å². The second-order valence-electron chi connectivity index (χ2n) is 5.26. The highest BCUT2D eigenvalue weighted by molar-refractivity contribution is 5.77. The van der Waals surface area contributed by atoms with Crippen LogP contribution >= 0.6 is 0 Å². The van der Waals surface area contributed by atoms with Gasteiger partial charge in [-0.05, 0) is 52.2 Å². The van der Waals surface area contributed by atoms with Crippen molar-refractivity contribution in [3.8, 4) is 0 Å². The zero-order valence-corrected chi connectivity index (χ0v) is 12.2. The van der Waals surface area contributed by atoms with Crippen molar-refractivity contribution in [1.29, 1.82) is 0 Å². The van der Waals surface area contributed by atoms with Crippen LogP contribution in [0.1, 0.15) is 39.5 Å². The van der Waals surface area contributed by atoms with E-state index in [1.807, 2.05) is 14.0 Å². The van der Waals surface area contributed by atoms with E-state index in [4.69, 9.17) is 0 Å². The number of nitrogens with zero attached hydrogens (tertiary/aromatic N) is 2. The van der Waals surface area contributed by atoms with Gasteiger partial charge in [-0.1, -0.05) is 6.92 Å². The number of hydrogen-bond donors (Lipinski definition) is 1. The van der Waals surface area contributed by atoms with E-state index in [1.54, 1.807) is 4.90 Å². The quantitative estimate of drug-likeness (QED) is 0.777. The van der Waals surface area contributed by atoms with E-state index >= 15 is 0 Å². The molecule has 4 nitrogen and oxygen atoms in total.